The van der Waals surface area contributed by atoms with Gasteiger partial charge in [-0.2, -0.15) is 5.21 Å². The number of unbranched alkanes of at least 4 members (excludes halogenated alkanes) is 1. The Hall–Kier alpha value is -5.18. The molecule has 0 saturated heterocycles. The molecule has 198 valence electrons. The van der Waals surface area contributed by atoms with Crippen LogP contribution in [0.15, 0.2) is 95.9 Å². The molecular weight excluding hydrogens is 502 g/mol. The summed E-state index contributed by atoms with van der Waals surface area (Å²) in [4.78, 5) is 31.7. The zero-order valence-corrected chi connectivity index (χ0v) is 22.0. The number of carbonyl (C=O) groups excluding carboxylic acids is 1. The molecule has 0 aliphatic carbocycles. The molecule has 0 amide bonds. The molecule has 0 aliphatic rings. The van der Waals surface area contributed by atoms with E-state index in [1.807, 2.05) is 47.0 Å². The molecular formula is C31H27N7O2. The number of fused-ring (bicyclic) bond motifs is 1. The molecule has 0 unspecified atom stereocenters. The second-order valence-corrected chi connectivity index (χ2v) is 9.59. The highest BCUT2D eigenvalue weighted by Gasteiger charge is 2.19. The number of rotatable bonds is 8. The molecule has 9 heteroatoms. The highest BCUT2D eigenvalue weighted by molar-refractivity contribution is 5.97. The minimum absolute atomic E-state index is 0.361. The number of nitrogens with one attached hydrogen (secondary N) is 1. The number of nitrogens with zero attached hydrogens (tertiary/aromatic N) is 6. The number of benzene rings is 3. The van der Waals surface area contributed by atoms with Crippen LogP contribution in [0.25, 0.3) is 33.5 Å². The van der Waals surface area contributed by atoms with Gasteiger partial charge in [0.25, 0.3) is 11.5 Å². The van der Waals surface area contributed by atoms with Crippen molar-refractivity contribution in [3.8, 4) is 22.5 Å². The lowest BCUT2D eigenvalue weighted by Crippen LogP contribution is -2.28. The topological polar surface area (TPSA) is 111 Å². The summed E-state index contributed by atoms with van der Waals surface area (Å²) in [6, 6.07) is 26.7. The summed E-state index contributed by atoms with van der Waals surface area (Å²) >= 11 is 0. The maximum atomic E-state index is 13.7. The Kier molecular flexibility index (Phi) is 6.84. The first-order chi connectivity index (χ1) is 19.6. The van der Waals surface area contributed by atoms with E-state index < -0.39 is 0 Å². The zero-order chi connectivity index (χ0) is 27.5. The molecule has 6 aromatic rings. The molecule has 1 N–H and O–H groups in total. The third kappa shape index (κ3) is 4.73. The highest BCUT2D eigenvalue weighted by Crippen LogP contribution is 2.30. The predicted octanol–water partition coefficient (Wildman–Crippen LogP) is 5.12. The van der Waals surface area contributed by atoms with Crippen molar-refractivity contribution in [3.05, 3.63) is 118 Å². The molecule has 0 atom stereocenters. The maximum Gasteiger partial charge on any atom is 0.283 e. The smallest absolute Gasteiger partial charge is 0.283 e. The lowest BCUT2D eigenvalue weighted by Gasteiger charge is -2.12. The van der Waals surface area contributed by atoms with Crippen molar-refractivity contribution in [2.75, 3.05) is 0 Å². The average Bonchev–Trinajstić information content (AvgIpc) is 3.66. The van der Waals surface area contributed by atoms with Crippen LogP contribution in [0.1, 0.15) is 41.5 Å². The minimum Gasteiger partial charge on any atom is -0.319 e. The van der Waals surface area contributed by atoms with Crippen molar-refractivity contribution in [2.24, 2.45) is 0 Å². The SMILES string of the molecule is CCCCc1nc2ccn(C(=O)c3ccccc3)c(=O)c2n1Cc1ccc(-c2ccccc2-c2nn[nH]n2)cc1. The van der Waals surface area contributed by atoms with E-state index in [1.54, 1.807) is 30.3 Å². The van der Waals surface area contributed by atoms with Crippen molar-refractivity contribution in [2.45, 2.75) is 32.7 Å². The van der Waals surface area contributed by atoms with E-state index >= 15 is 0 Å². The molecule has 0 aliphatic heterocycles. The number of hydrogen-bond acceptors (Lipinski definition) is 6. The first kappa shape index (κ1) is 25.1. The van der Waals surface area contributed by atoms with Crippen LogP contribution in [0.3, 0.4) is 0 Å². The van der Waals surface area contributed by atoms with Crippen molar-refractivity contribution >= 4 is 16.9 Å². The molecule has 0 bridgehead atoms. The van der Waals surface area contributed by atoms with Crippen molar-refractivity contribution in [1.82, 2.24) is 34.7 Å². The number of aryl methyl sites for hydroxylation is 1. The number of H-pyrrole nitrogens is 1. The molecule has 0 radical (unpaired) electrons. The van der Waals surface area contributed by atoms with Crippen LogP contribution < -0.4 is 5.56 Å². The molecule has 40 heavy (non-hydrogen) atoms. The van der Waals surface area contributed by atoms with E-state index in [2.05, 4.69) is 39.7 Å². The molecule has 9 nitrogen and oxygen atoms in total. The van der Waals surface area contributed by atoms with E-state index in [9.17, 15) is 9.59 Å². The third-order valence-electron chi connectivity index (χ3n) is 6.99. The molecule has 3 aromatic carbocycles. The molecule has 3 aromatic heterocycles. The molecule has 0 fully saturated rings. The lowest BCUT2D eigenvalue weighted by atomic mass is 9.98. The summed E-state index contributed by atoms with van der Waals surface area (Å²) in [5.41, 5.74) is 5.03. The van der Waals surface area contributed by atoms with E-state index in [0.717, 1.165) is 47.3 Å². The minimum atomic E-state index is -0.368. The number of aromatic amines is 1. The fraction of sp³-hybridized carbons (Fsp3) is 0.161. The number of aromatic nitrogens is 7. The van der Waals surface area contributed by atoms with E-state index in [-0.39, 0.29) is 11.5 Å². The molecule has 3 heterocycles. The Bertz CT molecular complexity index is 1840. The second-order valence-electron chi connectivity index (χ2n) is 9.59. The Morgan fingerprint density at radius 1 is 0.900 bits per heavy atom. The summed E-state index contributed by atoms with van der Waals surface area (Å²) in [5, 5.41) is 14.5. The van der Waals surface area contributed by atoms with Gasteiger partial charge in [0.15, 0.2) is 0 Å². The van der Waals surface area contributed by atoms with Crippen LogP contribution in [0.5, 0.6) is 0 Å². The largest absolute Gasteiger partial charge is 0.319 e. The number of carbonyl (C=O) groups is 1. The summed E-state index contributed by atoms with van der Waals surface area (Å²) in [6.07, 6.45) is 4.23. The number of imidazole rings is 1. The summed E-state index contributed by atoms with van der Waals surface area (Å²) < 4.78 is 3.14. The Morgan fingerprint density at radius 2 is 1.65 bits per heavy atom. The van der Waals surface area contributed by atoms with Gasteiger partial charge in [0, 0.05) is 30.3 Å². The van der Waals surface area contributed by atoms with E-state index in [4.69, 9.17) is 4.98 Å². The van der Waals surface area contributed by atoms with E-state index in [1.165, 1.54) is 10.8 Å². The van der Waals surface area contributed by atoms with Gasteiger partial charge in [0.1, 0.15) is 11.3 Å². The van der Waals surface area contributed by atoms with Crippen molar-refractivity contribution in [3.63, 3.8) is 0 Å². The zero-order valence-electron chi connectivity index (χ0n) is 22.0. The maximum absolute atomic E-state index is 13.7. The third-order valence-corrected chi connectivity index (χ3v) is 6.99. The van der Waals surface area contributed by atoms with Gasteiger partial charge in [-0.25, -0.2) is 9.55 Å². The highest BCUT2D eigenvalue weighted by atomic mass is 16.2. The number of pyridine rings is 1. The average molecular weight is 530 g/mol. The molecule has 0 saturated carbocycles. The number of hydrogen-bond donors (Lipinski definition) is 1. The molecule has 0 spiro atoms. The van der Waals surface area contributed by atoms with Gasteiger partial charge in [-0.15, -0.1) is 10.2 Å². The summed E-state index contributed by atoms with van der Waals surface area (Å²) in [7, 11) is 0. The monoisotopic (exact) mass is 529 g/mol. The van der Waals surface area contributed by atoms with Crippen molar-refractivity contribution in [1.29, 1.82) is 0 Å². The molecule has 6 rings (SSSR count). The first-order valence-corrected chi connectivity index (χ1v) is 13.3. The Morgan fingerprint density at radius 3 is 2.38 bits per heavy atom. The quantitative estimate of drug-likeness (QED) is 0.293. The van der Waals surface area contributed by atoms with Crippen LogP contribution in [0.4, 0.5) is 0 Å². The summed E-state index contributed by atoms with van der Waals surface area (Å²) in [6.45, 7) is 2.59. The van der Waals surface area contributed by atoms with Crippen LogP contribution in [-0.4, -0.2) is 40.6 Å². The van der Waals surface area contributed by atoms with Gasteiger partial charge in [0.05, 0.1) is 5.52 Å². The summed E-state index contributed by atoms with van der Waals surface area (Å²) in [5.74, 6) is 1.01. The predicted molar refractivity (Wildman–Crippen MR) is 153 cm³/mol. The van der Waals surface area contributed by atoms with Crippen LogP contribution in [-0.2, 0) is 13.0 Å². The standard InChI is InChI=1S/C31H27N7O2/c1-2-3-13-27-32-26-18-19-37(30(39)23-9-5-4-6-10-23)31(40)28(26)38(27)20-21-14-16-22(17-15-21)24-11-7-8-12-25(24)29-33-35-36-34-29/h4-12,14-19H,2-3,13,20H2,1H3,(H,33,34,35,36). The second kappa shape index (κ2) is 10.9. The van der Waals surface area contributed by atoms with Gasteiger partial charge >= 0.3 is 0 Å². The number of tetrazole rings is 1. The van der Waals surface area contributed by atoms with E-state index in [0.29, 0.717) is 29.0 Å². The normalized spacial score (nSPS) is 11.2. The Labute approximate surface area is 230 Å². The Balaban J connectivity index is 1.38. The van der Waals surface area contributed by atoms with Gasteiger partial charge in [0.2, 0.25) is 5.82 Å². The lowest BCUT2D eigenvalue weighted by molar-refractivity contribution is 0.0956. The van der Waals surface area contributed by atoms with Gasteiger partial charge in [-0.1, -0.05) is 80.1 Å². The van der Waals surface area contributed by atoms with Gasteiger partial charge in [-0.3, -0.25) is 9.59 Å². The van der Waals surface area contributed by atoms with Crippen LogP contribution in [0, 0.1) is 0 Å². The van der Waals surface area contributed by atoms with Crippen LogP contribution >= 0.6 is 0 Å². The fourth-order valence-electron chi connectivity index (χ4n) is 4.94. The van der Waals surface area contributed by atoms with Gasteiger partial charge in [-0.05, 0) is 46.5 Å². The van der Waals surface area contributed by atoms with Gasteiger partial charge < -0.3 is 4.57 Å². The van der Waals surface area contributed by atoms with Crippen LogP contribution in [0.2, 0.25) is 0 Å². The first-order valence-electron chi connectivity index (χ1n) is 13.3. The van der Waals surface area contributed by atoms with Crippen molar-refractivity contribution < 1.29 is 4.79 Å². The fourth-order valence-corrected chi connectivity index (χ4v) is 4.94.